The van der Waals surface area contributed by atoms with Gasteiger partial charge in [0.25, 0.3) is 5.91 Å². The Balaban J connectivity index is 1.93. The molecule has 0 atom stereocenters. The molecule has 28 heavy (non-hydrogen) atoms. The van der Waals surface area contributed by atoms with E-state index in [0.29, 0.717) is 5.69 Å². The first kappa shape index (κ1) is 19.6. The van der Waals surface area contributed by atoms with E-state index in [2.05, 4.69) is 37.4 Å². The van der Waals surface area contributed by atoms with Crippen LogP contribution >= 0.6 is 0 Å². The van der Waals surface area contributed by atoms with Crippen molar-refractivity contribution in [3.63, 3.8) is 0 Å². The minimum Gasteiger partial charge on any atom is -0.466 e. The summed E-state index contributed by atoms with van der Waals surface area (Å²) in [6.07, 6.45) is 0. The molecule has 1 aliphatic heterocycles. The van der Waals surface area contributed by atoms with E-state index in [0.717, 1.165) is 11.1 Å². The highest BCUT2D eigenvalue weighted by Gasteiger charge is 2.34. The summed E-state index contributed by atoms with van der Waals surface area (Å²) in [5, 5.41) is 12.3. The van der Waals surface area contributed by atoms with Gasteiger partial charge in [-0.2, -0.15) is 0 Å². The van der Waals surface area contributed by atoms with Crippen LogP contribution < -0.4 is 5.32 Å². The van der Waals surface area contributed by atoms with Crippen molar-refractivity contribution < 1.29 is 19.4 Å². The molecule has 2 N–H and O–H groups in total. The van der Waals surface area contributed by atoms with Gasteiger partial charge < -0.3 is 20.1 Å². The number of methoxy groups -OCH3 is 1. The maximum absolute atomic E-state index is 12.7. The van der Waals surface area contributed by atoms with Crippen molar-refractivity contribution in [2.45, 2.75) is 13.8 Å². The Hall–Kier alpha value is -3.12. The number of nitrogens with zero attached hydrogens (tertiary/aromatic N) is 1. The number of rotatable bonds is 6. The average Bonchev–Trinajstić information content (AvgIpc) is 2.97. The van der Waals surface area contributed by atoms with Crippen LogP contribution in [0.1, 0.15) is 11.1 Å². The number of hydrogen-bond donors (Lipinski definition) is 2. The molecule has 6 nitrogen and oxygen atoms in total. The van der Waals surface area contributed by atoms with Gasteiger partial charge in [-0.1, -0.05) is 41.5 Å². The molecule has 6 heteroatoms. The van der Waals surface area contributed by atoms with E-state index in [4.69, 9.17) is 9.84 Å². The first-order valence-corrected chi connectivity index (χ1v) is 9.10. The number of aliphatic hydroxyl groups is 1. The summed E-state index contributed by atoms with van der Waals surface area (Å²) < 4.78 is 4.82. The third kappa shape index (κ3) is 4.07. The van der Waals surface area contributed by atoms with Gasteiger partial charge in [0.05, 0.1) is 25.8 Å². The summed E-state index contributed by atoms with van der Waals surface area (Å²) in [5.41, 5.74) is 5.60. The molecule has 0 fully saturated rings. The van der Waals surface area contributed by atoms with Crippen LogP contribution in [0.15, 0.2) is 53.7 Å². The van der Waals surface area contributed by atoms with Gasteiger partial charge in [0.2, 0.25) is 0 Å². The van der Waals surface area contributed by atoms with Crippen LogP contribution in [0.2, 0.25) is 0 Å². The minimum absolute atomic E-state index is 0.116. The van der Waals surface area contributed by atoms with Crippen LogP contribution in [0.25, 0.3) is 11.1 Å². The monoisotopic (exact) mass is 380 g/mol. The van der Waals surface area contributed by atoms with Crippen molar-refractivity contribution in [2.75, 3.05) is 32.1 Å². The van der Waals surface area contributed by atoms with E-state index in [-0.39, 0.29) is 36.9 Å². The second kappa shape index (κ2) is 8.27. The lowest BCUT2D eigenvalue weighted by Gasteiger charge is -2.15. The second-order valence-corrected chi connectivity index (χ2v) is 6.88. The molecule has 2 aromatic rings. The molecule has 1 heterocycles. The molecule has 1 amide bonds. The number of esters is 1. The predicted octanol–water partition coefficient (Wildman–Crippen LogP) is 2.64. The molecule has 0 radical (unpaired) electrons. The second-order valence-electron chi connectivity index (χ2n) is 6.88. The van der Waals surface area contributed by atoms with E-state index in [1.165, 1.54) is 23.1 Å². The van der Waals surface area contributed by atoms with Gasteiger partial charge in [0.1, 0.15) is 5.70 Å². The normalized spacial score (nSPS) is 13.9. The van der Waals surface area contributed by atoms with Crippen molar-refractivity contribution in [2.24, 2.45) is 0 Å². The summed E-state index contributed by atoms with van der Waals surface area (Å²) in [6.45, 7) is 4.21. The minimum atomic E-state index is -0.554. The molecule has 0 unspecified atom stereocenters. The van der Waals surface area contributed by atoms with Crippen LogP contribution in [0, 0.1) is 13.8 Å². The van der Waals surface area contributed by atoms with E-state index >= 15 is 0 Å². The lowest BCUT2D eigenvalue weighted by atomic mass is 10.0. The van der Waals surface area contributed by atoms with Crippen LogP contribution in [-0.4, -0.2) is 48.7 Å². The van der Waals surface area contributed by atoms with Crippen molar-refractivity contribution in [1.29, 1.82) is 0 Å². The lowest BCUT2D eigenvalue weighted by molar-refractivity contribution is -0.136. The summed E-state index contributed by atoms with van der Waals surface area (Å²) in [6, 6.07) is 14.0. The molecule has 0 saturated carbocycles. The highest BCUT2D eigenvalue weighted by atomic mass is 16.5. The summed E-state index contributed by atoms with van der Waals surface area (Å²) in [7, 11) is 1.28. The molecule has 0 bridgehead atoms. The maximum atomic E-state index is 12.7. The fourth-order valence-corrected chi connectivity index (χ4v) is 3.41. The number of anilines is 1. The average molecular weight is 380 g/mol. The smallest absolute Gasteiger partial charge is 0.337 e. The SMILES string of the molecule is COC(=O)C1=C(Nc2cccc(-c3cc(C)cc(C)c3)c2)C(=O)N(CCO)C1. The number of nitrogens with one attached hydrogen (secondary N) is 1. The van der Waals surface area contributed by atoms with Crippen LogP contribution in [-0.2, 0) is 14.3 Å². The summed E-state index contributed by atoms with van der Waals surface area (Å²) >= 11 is 0. The molecule has 0 spiro atoms. The predicted molar refractivity (Wildman–Crippen MR) is 108 cm³/mol. The summed E-state index contributed by atoms with van der Waals surface area (Å²) in [5.74, 6) is -0.881. The molecule has 146 valence electrons. The Bertz CT molecular complexity index is 929. The molecule has 3 rings (SSSR count). The van der Waals surface area contributed by atoms with E-state index in [1.807, 2.05) is 24.3 Å². The van der Waals surface area contributed by atoms with Crippen molar-refractivity contribution >= 4 is 17.6 Å². The van der Waals surface area contributed by atoms with Gasteiger partial charge in [0, 0.05) is 12.2 Å². The molecule has 0 aliphatic carbocycles. The van der Waals surface area contributed by atoms with Crippen LogP contribution in [0.5, 0.6) is 0 Å². The Kier molecular flexibility index (Phi) is 5.80. The van der Waals surface area contributed by atoms with Gasteiger partial charge in [-0.3, -0.25) is 4.79 Å². The number of carbonyl (C=O) groups is 2. The van der Waals surface area contributed by atoms with Gasteiger partial charge in [-0.15, -0.1) is 0 Å². The third-order valence-electron chi connectivity index (χ3n) is 4.64. The zero-order valence-electron chi connectivity index (χ0n) is 16.3. The number of aryl methyl sites for hydroxylation is 2. The fraction of sp³-hybridized carbons (Fsp3) is 0.273. The number of aliphatic hydroxyl groups excluding tert-OH is 1. The molecule has 0 aromatic heterocycles. The van der Waals surface area contributed by atoms with Crippen molar-refractivity contribution in [1.82, 2.24) is 4.90 Å². The van der Waals surface area contributed by atoms with Gasteiger partial charge in [-0.25, -0.2) is 4.79 Å². The van der Waals surface area contributed by atoms with Gasteiger partial charge in [-0.05, 0) is 37.1 Å². The van der Waals surface area contributed by atoms with Crippen LogP contribution in [0.4, 0.5) is 5.69 Å². The van der Waals surface area contributed by atoms with Gasteiger partial charge >= 0.3 is 5.97 Å². The number of carbonyl (C=O) groups excluding carboxylic acids is 2. The quantitative estimate of drug-likeness (QED) is 0.754. The third-order valence-corrected chi connectivity index (χ3v) is 4.64. The zero-order valence-corrected chi connectivity index (χ0v) is 16.3. The van der Waals surface area contributed by atoms with Crippen molar-refractivity contribution in [3.05, 3.63) is 64.9 Å². The molecule has 0 saturated heterocycles. The molecule has 1 aliphatic rings. The Morgan fingerprint density at radius 2 is 1.86 bits per heavy atom. The first-order valence-electron chi connectivity index (χ1n) is 9.10. The number of β-amino-alcohol motifs (C(OH)–C–C–N with tert-alkyl or cyclic N) is 1. The molecular formula is C22H24N2O4. The highest BCUT2D eigenvalue weighted by molar-refractivity contribution is 6.08. The van der Waals surface area contributed by atoms with E-state index in [1.54, 1.807) is 0 Å². The molecular weight excluding hydrogens is 356 g/mol. The van der Waals surface area contributed by atoms with Gasteiger partial charge in [0.15, 0.2) is 0 Å². The fourth-order valence-electron chi connectivity index (χ4n) is 3.41. The van der Waals surface area contributed by atoms with E-state index < -0.39 is 5.97 Å². The number of hydrogen-bond acceptors (Lipinski definition) is 5. The topological polar surface area (TPSA) is 78.9 Å². The van der Waals surface area contributed by atoms with Crippen LogP contribution in [0.3, 0.4) is 0 Å². The maximum Gasteiger partial charge on any atom is 0.337 e. The highest BCUT2D eigenvalue weighted by Crippen LogP contribution is 2.27. The Morgan fingerprint density at radius 1 is 1.14 bits per heavy atom. The largest absolute Gasteiger partial charge is 0.466 e. The number of benzene rings is 2. The lowest BCUT2D eigenvalue weighted by Crippen LogP contribution is -2.31. The number of ether oxygens (including phenoxy) is 1. The van der Waals surface area contributed by atoms with Crippen molar-refractivity contribution in [3.8, 4) is 11.1 Å². The number of amides is 1. The summed E-state index contributed by atoms with van der Waals surface area (Å²) in [4.78, 5) is 26.2. The first-order chi connectivity index (χ1) is 13.4. The van der Waals surface area contributed by atoms with E-state index in [9.17, 15) is 9.59 Å². The standard InChI is InChI=1S/C22H24N2O4/c1-14-9-15(2)11-17(10-14)16-5-4-6-18(12-16)23-20-19(22(27)28-3)13-24(7-8-25)21(20)26/h4-6,9-12,23,25H,7-8,13H2,1-3H3. The Morgan fingerprint density at radius 3 is 2.50 bits per heavy atom. The zero-order chi connectivity index (χ0) is 20.3. The molecule has 2 aromatic carbocycles. The Labute approximate surface area is 164 Å².